The summed E-state index contributed by atoms with van der Waals surface area (Å²) >= 11 is 0. The number of esters is 3. The molecule has 1 unspecified atom stereocenters. The van der Waals surface area contributed by atoms with Crippen molar-refractivity contribution in [1.82, 2.24) is 0 Å². The molecule has 68 heavy (non-hydrogen) atoms. The van der Waals surface area contributed by atoms with Crippen LogP contribution in [0.15, 0.2) is 85.1 Å². The van der Waals surface area contributed by atoms with Gasteiger partial charge in [-0.3, -0.25) is 14.4 Å². The highest BCUT2D eigenvalue weighted by molar-refractivity contribution is 5.71. The van der Waals surface area contributed by atoms with Crippen molar-refractivity contribution < 1.29 is 28.6 Å². The van der Waals surface area contributed by atoms with Crippen LogP contribution in [0.5, 0.6) is 0 Å². The van der Waals surface area contributed by atoms with Gasteiger partial charge in [0.2, 0.25) is 0 Å². The van der Waals surface area contributed by atoms with Gasteiger partial charge in [0.15, 0.2) is 6.10 Å². The van der Waals surface area contributed by atoms with E-state index in [1.165, 1.54) is 116 Å². The van der Waals surface area contributed by atoms with E-state index in [0.717, 1.165) is 116 Å². The molecule has 0 heterocycles. The minimum atomic E-state index is -0.772. The lowest BCUT2D eigenvalue weighted by Gasteiger charge is -2.18. The minimum absolute atomic E-state index is 0.0761. The fourth-order valence-electron chi connectivity index (χ4n) is 7.89. The maximum atomic E-state index is 12.7. The normalized spacial score (nSPS) is 12.7. The third kappa shape index (κ3) is 53.5. The Morgan fingerprint density at radius 2 is 0.574 bits per heavy atom. The Morgan fingerprint density at radius 3 is 0.897 bits per heavy atom. The molecule has 0 aliphatic heterocycles. The molecule has 0 amide bonds. The van der Waals surface area contributed by atoms with Gasteiger partial charge in [0.05, 0.1) is 0 Å². The molecule has 0 fully saturated rings. The van der Waals surface area contributed by atoms with Crippen molar-refractivity contribution in [3.05, 3.63) is 85.1 Å². The molecule has 1 atom stereocenters. The largest absolute Gasteiger partial charge is 0.462 e. The lowest BCUT2D eigenvalue weighted by molar-refractivity contribution is -0.167. The smallest absolute Gasteiger partial charge is 0.306 e. The maximum absolute atomic E-state index is 12.7. The van der Waals surface area contributed by atoms with E-state index in [4.69, 9.17) is 14.2 Å². The molecular weight excluding hydrogens is 841 g/mol. The Bertz CT molecular complexity index is 1320. The second-order valence-electron chi connectivity index (χ2n) is 18.8. The Kier molecular flexibility index (Phi) is 53.4. The number of rotatable bonds is 51. The van der Waals surface area contributed by atoms with Crippen molar-refractivity contribution >= 4 is 17.9 Å². The number of hydrogen-bond acceptors (Lipinski definition) is 6. The number of carbonyl (C=O) groups is 3. The summed E-state index contributed by atoms with van der Waals surface area (Å²) in [5, 5.41) is 0. The van der Waals surface area contributed by atoms with E-state index in [2.05, 4.69) is 106 Å². The standard InChI is InChI=1S/C62H106O6/c1-4-7-10-13-15-17-19-21-23-24-25-26-27-28-29-30-31-32-33-34-35-36-37-38-39-41-42-44-46-49-52-55-61(64)67-58-59(57-66-60(63)54-51-48-12-9-6-3)68-62(65)56-53-50-47-45-43-40-22-20-18-16-14-11-8-5-2/h7,10,15,17,21,23,25-26,28-29,31-32,34-35,59H,4-6,8-9,11-14,16,18-20,22,24,27,30,33,36-58H2,1-3H3/b10-7-,17-15-,23-21-,26-25-,29-28-,32-31-,35-34-. The molecule has 6 heteroatoms. The zero-order chi connectivity index (χ0) is 49.3. The van der Waals surface area contributed by atoms with Crippen molar-refractivity contribution in [2.24, 2.45) is 0 Å². The Hall–Kier alpha value is -3.41. The second kappa shape index (κ2) is 56.2. The molecule has 390 valence electrons. The molecule has 0 N–H and O–H groups in total. The van der Waals surface area contributed by atoms with Gasteiger partial charge in [0.25, 0.3) is 0 Å². The molecule has 0 bridgehead atoms. The topological polar surface area (TPSA) is 78.9 Å². The van der Waals surface area contributed by atoms with Gasteiger partial charge >= 0.3 is 17.9 Å². The van der Waals surface area contributed by atoms with Crippen molar-refractivity contribution in [3.8, 4) is 0 Å². The highest BCUT2D eigenvalue weighted by Gasteiger charge is 2.19. The summed E-state index contributed by atoms with van der Waals surface area (Å²) in [7, 11) is 0. The summed E-state index contributed by atoms with van der Waals surface area (Å²) in [6, 6.07) is 0. The molecule has 0 aromatic carbocycles. The highest BCUT2D eigenvalue weighted by atomic mass is 16.6. The van der Waals surface area contributed by atoms with Crippen LogP contribution in [-0.2, 0) is 28.6 Å². The van der Waals surface area contributed by atoms with Gasteiger partial charge in [-0.15, -0.1) is 0 Å². The van der Waals surface area contributed by atoms with Gasteiger partial charge in [0.1, 0.15) is 13.2 Å². The van der Waals surface area contributed by atoms with Crippen LogP contribution in [0.2, 0.25) is 0 Å². The van der Waals surface area contributed by atoms with Crippen molar-refractivity contribution in [2.45, 2.75) is 277 Å². The number of hydrogen-bond donors (Lipinski definition) is 0. The molecule has 0 aliphatic carbocycles. The maximum Gasteiger partial charge on any atom is 0.306 e. The zero-order valence-corrected chi connectivity index (χ0v) is 44.6. The summed E-state index contributed by atoms with van der Waals surface area (Å²) in [6.07, 6.45) is 73.4. The predicted molar refractivity (Wildman–Crippen MR) is 293 cm³/mol. The monoisotopic (exact) mass is 947 g/mol. The van der Waals surface area contributed by atoms with Crippen LogP contribution in [0.4, 0.5) is 0 Å². The van der Waals surface area contributed by atoms with Gasteiger partial charge in [-0.05, 0) is 77.0 Å². The molecule has 0 aliphatic rings. The molecule has 0 saturated heterocycles. The summed E-state index contributed by atoms with van der Waals surface area (Å²) in [4.78, 5) is 37.7. The lowest BCUT2D eigenvalue weighted by Crippen LogP contribution is -2.30. The fraction of sp³-hybridized carbons (Fsp3) is 0.726. The molecule has 6 nitrogen and oxygen atoms in total. The van der Waals surface area contributed by atoms with Crippen LogP contribution in [0.1, 0.15) is 271 Å². The first-order valence-electron chi connectivity index (χ1n) is 28.6. The van der Waals surface area contributed by atoms with Crippen LogP contribution >= 0.6 is 0 Å². The van der Waals surface area contributed by atoms with Gasteiger partial charge in [-0.25, -0.2) is 0 Å². The van der Waals surface area contributed by atoms with Crippen molar-refractivity contribution in [2.75, 3.05) is 13.2 Å². The fourth-order valence-corrected chi connectivity index (χ4v) is 7.89. The van der Waals surface area contributed by atoms with E-state index in [1.807, 2.05) is 0 Å². The number of unbranched alkanes of at least 4 members (excludes halogenated alkanes) is 26. The minimum Gasteiger partial charge on any atom is -0.462 e. The molecular formula is C62H106O6. The first-order valence-corrected chi connectivity index (χ1v) is 28.6. The van der Waals surface area contributed by atoms with E-state index >= 15 is 0 Å². The molecule has 0 radical (unpaired) electrons. The molecule has 0 aromatic heterocycles. The molecule has 0 spiro atoms. The SMILES string of the molecule is CC/C=C\C/C=C\C/C=C\C/C=C\C/C=C\C/C=C\C/C=C\CCCCCCCCCCCC(=O)OCC(COC(=O)CCCCCCC)OC(=O)CCCCCCCCCCCCCCCC. The lowest BCUT2D eigenvalue weighted by atomic mass is 10.0. The van der Waals surface area contributed by atoms with E-state index in [-0.39, 0.29) is 31.1 Å². The summed E-state index contributed by atoms with van der Waals surface area (Å²) in [6.45, 7) is 6.45. The second-order valence-corrected chi connectivity index (χ2v) is 18.8. The predicted octanol–water partition coefficient (Wildman–Crippen LogP) is 19.2. The van der Waals surface area contributed by atoms with Crippen molar-refractivity contribution in [3.63, 3.8) is 0 Å². The van der Waals surface area contributed by atoms with E-state index in [0.29, 0.717) is 19.3 Å². The van der Waals surface area contributed by atoms with Crippen LogP contribution in [0, 0.1) is 0 Å². The Morgan fingerprint density at radius 1 is 0.309 bits per heavy atom. The summed E-state index contributed by atoms with van der Waals surface area (Å²) in [5.41, 5.74) is 0. The van der Waals surface area contributed by atoms with Crippen LogP contribution in [-0.4, -0.2) is 37.2 Å². The van der Waals surface area contributed by atoms with E-state index in [1.54, 1.807) is 0 Å². The van der Waals surface area contributed by atoms with Gasteiger partial charge in [0, 0.05) is 19.3 Å². The summed E-state index contributed by atoms with van der Waals surface area (Å²) in [5.74, 6) is -0.891. The van der Waals surface area contributed by atoms with Crippen LogP contribution in [0.3, 0.4) is 0 Å². The van der Waals surface area contributed by atoms with Gasteiger partial charge in [-0.2, -0.15) is 0 Å². The number of carbonyl (C=O) groups excluding carboxylic acids is 3. The average Bonchev–Trinajstić information content (AvgIpc) is 3.34. The third-order valence-electron chi connectivity index (χ3n) is 12.2. The summed E-state index contributed by atoms with van der Waals surface area (Å²) < 4.78 is 16.7. The first kappa shape index (κ1) is 64.6. The van der Waals surface area contributed by atoms with Gasteiger partial charge in [-0.1, -0.05) is 260 Å². The molecule has 0 aromatic rings. The first-order chi connectivity index (χ1) is 33.5. The van der Waals surface area contributed by atoms with E-state index < -0.39 is 6.10 Å². The van der Waals surface area contributed by atoms with E-state index in [9.17, 15) is 14.4 Å². The van der Waals surface area contributed by atoms with Crippen LogP contribution < -0.4 is 0 Å². The average molecular weight is 948 g/mol. The Labute approximate surface area is 420 Å². The molecule has 0 rings (SSSR count). The van der Waals surface area contributed by atoms with Crippen LogP contribution in [0.25, 0.3) is 0 Å². The zero-order valence-electron chi connectivity index (χ0n) is 44.6. The third-order valence-corrected chi connectivity index (χ3v) is 12.2. The quantitative estimate of drug-likeness (QED) is 0.0262. The number of ether oxygens (including phenoxy) is 3. The number of allylic oxidation sites excluding steroid dienone is 14. The van der Waals surface area contributed by atoms with Crippen molar-refractivity contribution in [1.29, 1.82) is 0 Å². The van der Waals surface area contributed by atoms with Gasteiger partial charge < -0.3 is 14.2 Å². The Balaban J connectivity index is 4.05. The highest BCUT2D eigenvalue weighted by Crippen LogP contribution is 2.16. The molecule has 0 saturated carbocycles.